The molecule has 2 aromatic rings. The Labute approximate surface area is 145 Å². The molecule has 0 aliphatic carbocycles. The molecule has 0 fully saturated rings. The molecule has 0 unspecified atom stereocenters. The molecule has 7 heteroatoms. The fraction of sp³-hybridized carbons (Fsp3) is 0.278. The molecule has 7 nitrogen and oxygen atoms in total. The zero-order chi connectivity index (χ0) is 18.4. The van der Waals surface area contributed by atoms with Crippen molar-refractivity contribution in [1.29, 1.82) is 0 Å². The molecular formula is C18H20N2O5. The number of hydrogen-bond acceptors (Lipinski definition) is 6. The molecule has 1 N–H and O–H groups in total. The van der Waals surface area contributed by atoms with Gasteiger partial charge in [0, 0.05) is 6.07 Å². The molecule has 25 heavy (non-hydrogen) atoms. The number of carbonyl (C=O) groups is 1. The quantitative estimate of drug-likeness (QED) is 0.752. The molecule has 0 spiro atoms. The lowest BCUT2D eigenvalue weighted by molar-refractivity contribution is 0.0697. The van der Waals surface area contributed by atoms with Crippen LogP contribution in [0.3, 0.4) is 0 Å². The monoisotopic (exact) mass is 344 g/mol. The fourth-order valence-electron chi connectivity index (χ4n) is 2.31. The van der Waals surface area contributed by atoms with Gasteiger partial charge in [0.15, 0.2) is 11.5 Å². The van der Waals surface area contributed by atoms with E-state index in [2.05, 4.69) is 17.2 Å². The van der Waals surface area contributed by atoms with E-state index in [0.29, 0.717) is 5.69 Å². The average molecular weight is 344 g/mol. The third-order valence-corrected chi connectivity index (χ3v) is 3.64. The lowest BCUT2D eigenvalue weighted by Gasteiger charge is -2.15. The number of azo groups is 1. The standard InChI is InChI=1S/C18H20N2O5/c1-5-11-6-8-12(9-7-11)19-20-15-13(18(21)22)10-14(23-2)16(24-3)17(15)25-4/h6-10H,5H2,1-4H3,(H,21,22)/b20-19+. The maximum atomic E-state index is 11.6. The number of benzene rings is 2. The van der Waals surface area contributed by atoms with E-state index in [9.17, 15) is 9.90 Å². The molecule has 2 aromatic carbocycles. The SMILES string of the molecule is CCc1ccc(/N=N/c2c(C(=O)O)cc(OC)c(OC)c2OC)cc1. The zero-order valence-corrected chi connectivity index (χ0v) is 14.6. The minimum Gasteiger partial charge on any atom is -0.493 e. The van der Waals surface area contributed by atoms with Gasteiger partial charge in [-0.1, -0.05) is 19.1 Å². The van der Waals surface area contributed by atoms with Gasteiger partial charge in [0.25, 0.3) is 0 Å². The van der Waals surface area contributed by atoms with E-state index < -0.39 is 5.97 Å². The highest BCUT2D eigenvalue weighted by atomic mass is 16.5. The first-order valence-corrected chi connectivity index (χ1v) is 7.62. The lowest BCUT2D eigenvalue weighted by atomic mass is 10.1. The van der Waals surface area contributed by atoms with Crippen molar-refractivity contribution >= 4 is 17.3 Å². The Kier molecular flexibility index (Phi) is 5.94. The molecule has 0 radical (unpaired) electrons. The summed E-state index contributed by atoms with van der Waals surface area (Å²) in [6.07, 6.45) is 0.921. The van der Waals surface area contributed by atoms with E-state index in [1.807, 2.05) is 24.3 Å². The molecule has 0 heterocycles. The Bertz CT molecular complexity index is 785. The summed E-state index contributed by atoms with van der Waals surface area (Å²) in [5, 5.41) is 17.7. The number of ether oxygens (including phenoxy) is 3. The second kappa shape index (κ2) is 8.14. The van der Waals surface area contributed by atoms with Crippen LogP contribution in [-0.2, 0) is 6.42 Å². The highest BCUT2D eigenvalue weighted by Crippen LogP contribution is 2.47. The van der Waals surface area contributed by atoms with E-state index in [1.54, 1.807) is 0 Å². The molecule has 132 valence electrons. The minimum atomic E-state index is -1.17. The summed E-state index contributed by atoms with van der Waals surface area (Å²) in [6.45, 7) is 2.06. The predicted molar refractivity (Wildman–Crippen MR) is 93.1 cm³/mol. The third-order valence-electron chi connectivity index (χ3n) is 3.64. The van der Waals surface area contributed by atoms with Gasteiger partial charge in [-0.05, 0) is 24.1 Å². The summed E-state index contributed by atoms with van der Waals surface area (Å²) in [7, 11) is 4.25. The summed E-state index contributed by atoms with van der Waals surface area (Å²) >= 11 is 0. The van der Waals surface area contributed by atoms with Crippen molar-refractivity contribution in [2.75, 3.05) is 21.3 Å². The normalized spacial score (nSPS) is 10.7. The summed E-state index contributed by atoms with van der Waals surface area (Å²) < 4.78 is 15.7. The van der Waals surface area contributed by atoms with E-state index in [4.69, 9.17) is 14.2 Å². The number of nitrogens with zero attached hydrogens (tertiary/aromatic N) is 2. The molecule has 0 bridgehead atoms. The Morgan fingerprint density at radius 2 is 1.64 bits per heavy atom. The molecule has 0 saturated carbocycles. The van der Waals surface area contributed by atoms with Gasteiger partial charge in [0.2, 0.25) is 5.75 Å². The third kappa shape index (κ3) is 3.88. The van der Waals surface area contributed by atoms with Gasteiger partial charge in [0.1, 0.15) is 5.69 Å². The molecule has 0 amide bonds. The van der Waals surface area contributed by atoms with Crippen LogP contribution in [0.2, 0.25) is 0 Å². The van der Waals surface area contributed by atoms with E-state index in [-0.39, 0.29) is 28.5 Å². The van der Waals surface area contributed by atoms with Crippen LogP contribution in [-0.4, -0.2) is 32.4 Å². The molecule has 0 aliphatic rings. The van der Waals surface area contributed by atoms with Gasteiger partial charge in [0.05, 0.1) is 32.6 Å². The summed E-state index contributed by atoms with van der Waals surface area (Å²) in [5.74, 6) is -0.531. The van der Waals surface area contributed by atoms with Gasteiger partial charge >= 0.3 is 5.97 Å². The first-order valence-electron chi connectivity index (χ1n) is 7.62. The number of carboxylic acid groups (broad SMARTS) is 1. The molecular weight excluding hydrogens is 324 g/mol. The van der Waals surface area contributed by atoms with Crippen LogP contribution in [0.5, 0.6) is 17.2 Å². The second-order valence-electron chi connectivity index (χ2n) is 5.07. The summed E-state index contributed by atoms with van der Waals surface area (Å²) in [6, 6.07) is 8.85. The first kappa shape index (κ1) is 18.3. The van der Waals surface area contributed by atoms with Gasteiger partial charge in [-0.15, -0.1) is 5.11 Å². The average Bonchev–Trinajstić information content (AvgIpc) is 2.64. The predicted octanol–water partition coefficient (Wildman–Crippen LogP) is 4.39. The van der Waals surface area contributed by atoms with Crippen LogP contribution in [0, 0.1) is 0 Å². The van der Waals surface area contributed by atoms with Crippen LogP contribution >= 0.6 is 0 Å². The van der Waals surface area contributed by atoms with Gasteiger partial charge in [-0.2, -0.15) is 5.11 Å². The minimum absolute atomic E-state index is 0.0622. The van der Waals surface area contributed by atoms with Crippen molar-refractivity contribution in [1.82, 2.24) is 0 Å². The Hall–Kier alpha value is -3.09. The summed E-state index contributed by atoms with van der Waals surface area (Å²) in [4.78, 5) is 11.6. The lowest BCUT2D eigenvalue weighted by Crippen LogP contribution is -2.02. The number of carboxylic acids is 1. The van der Waals surface area contributed by atoms with Gasteiger partial charge < -0.3 is 19.3 Å². The number of rotatable bonds is 7. The van der Waals surface area contributed by atoms with Crippen LogP contribution in [0.4, 0.5) is 11.4 Å². The zero-order valence-electron chi connectivity index (χ0n) is 14.6. The van der Waals surface area contributed by atoms with Crippen LogP contribution in [0.25, 0.3) is 0 Å². The van der Waals surface area contributed by atoms with Crippen molar-refractivity contribution in [2.24, 2.45) is 10.2 Å². The maximum Gasteiger partial charge on any atom is 0.338 e. The van der Waals surface area contributed by atoms with Crippen LogP contribution in [0.15, 0.2) is 40.6 Å². The van der Waals surface area contributed by atoms with Crippen molar-refractivity contribution in [3.05, 3.63) is 41.5 Å². The van der Waals surface area contributed by atoms with Gasteiger partial charge in [-0.25, -0.2) is 4.79 Å². The maximum absolute atomic E-state index is 11.6. The molecule has 0 atom stereocenters. The molecule has 0 aliphatic heterocycles. The van der Waals surface area contributed by atoms with Crippen molar-refractivity contribution in [2.45, 2.75) is 13.3 Å². The first-order chi connectivity index (χ1) is 12.0. The highest BCUT2D eigenvalue weighted by molar-refractivity contribution is 5.97. The smallest absolute Gasteiger partial charge is 0.338 e. The highest BCUT2D eigenvalue weighted by Gasteiger charge is 2.24. The van der Waals surface area contributed by atoms with Crippen molar-refractivity contribution in [3.63, 3.8) is 0 Å². The van der Waals surface area contributed by atoms with Crippen molar-refractivity contribution < 1.29 is 24.1 Å². The molecule has 2 rings (SSSR count). The summed E-state index contributed by atoms with van der Waals surface area (Å²) in [5.41, 5.74) is 1.75. The van der Waals surface area contributed by atoms with Crippen LogP contribution in [0.1, 0.15) is 22.8 Å². The van der Waals surface area contributed by atoms with E-state index >= 15 is 0 Å². The number of hydrogen-bond donors (Lipinski definition) is 1. The topological polar surface area (TPSA) is 89.7 Å². The van der Waals surface area contributed by atoms with Gasteiger partial charge in [-0.3, -0.25) is 0 Å². The van der Waals surface area contributed by atoms with Crippen LogP contribution < -0.4 is 14.2 Å². The Balaban J connectivity index is 2.56. The Morgan fingerprint density at radius 1 is 1.00 bits per heavy atom. The van der Waals surface area contributed by atoms with E-state index in [1.165, 1.54) is 33.0 Å². The number of methoxy groups -OCH3 is 3. The largest absolute Gasteiger partial charge is 0.493 e. The van der Waals surface area contributed by atoms with Crippen molar-refractivity contribution in [3.8, 4) is 17.2 Å². The second-order valence-corrected chi connectivity index (χ2v) is 5.07. The molecule has 0 aromatic heterocycles. The number of aromatic carboxylic acids is 1. The Morgan fingerprint density at radius 3 is 2.12 bits per heavy atom. The van der Waals surface area contributed by atoms with E-state index in [0.717, 1.165) is 6.42 Å². The fourth-order valence-corrected chi connectivity index (χ4v) is 2.31. The number of aryl methyl sites for hydroxylation is 1. The molecule has 0 saturated heterocycles.